The molecule has 0 aromatic rings. The first-order valence-corrected chi connectivity index (χ1v) is 3.04. The summed E-state index contributed by atoms with van der Waals surface area (Å²) in [6.45, 7) is 6.91. The molecule has 0 aliphatic carbocycles. The molecule has 0 aromatic heterocycles. The zero-order valence-electron chi connectivity index (χ0n) is 6.60. The van der Waals surface area contributed by atoms with Crippen molar-refractivity contribution in [1.82, 2.24) is 0 Å². The first kappa shape index (κ1) is 8.95. The lowest BCUT2D eigenvalue weighted by Crippen LogP contribution is -2.04. The SMILES string of the molecule is C=C(C)C(=O)C(=CC)OC. The molecule has 0 aliphatic rings. The molecule has 0 atom stereocenters. The van der Waals surface area contributed by atoms with E-state index in [9.17, 15) is 4.79 Å². The van der Waals surface area contributed by atoms with Crippen LogP contribution in [0, 0.1) is 0 Å². The van der Waals surface area contributed by atoms with E-state index in [2.05, 4.69) is 6.58 Å². The van der Waals surface area contributed by atoms with E-state index in [0.717, 1.165) is 0 Å². The van der Waals surface area contributed by atoms with E-state index in [0.29, 0.717) is 11.3 Å². The molecule has 0 saturated carbocycles. The molecule has 2 nitrogen and oxygen atoms in total. The maximum atomic E-state index is 11.0. The number of rotatable bonds is 3. The first-order valence-electron chi connectivity index (χ1n) is 3.04. The monoisotopic (exact) mass is 140 g/mol. The highest BCUT2D eigenvalue weighted by molar-refractivity contribution is 6.05. The van der Waals surface area contributed by atoms with Crippen LogP contribution in [0.1, 0.15) is 13.8 Å². The van der Waals surface area contributed by atoms with Crippen molar-refractivity contribution in [3.8, 4) is 0 Å². The van der Waals surface area contributed by atoms with E-state index in [1.54, 1.807) is 19.9 Å². The van der Waals surface area contributed by atoms with E-state index in [1.807, 2.05) is 0 Å². The summed E-state index contributed by atoms with van der Waals surface area (Å²) in [5.41, 5.74) is 0.495. The average molecular weight is 140 g/mol. The van der Waals surface area contributed by atoms with Gasteiger partial charge in [-0.1, -0.05) is 6.58 Å². The molecule has 0 saturated heterocycles. The summed E-state index contributed by atoms with van der Waals surface area (Å²) >= 11 is 0. The first-order chi connectivity index (χ1) is 4.63. The van der Waals surface area contributed by atoms with Crippen molar-refractivity contribution in [3.05, 3.63) is 24.0 Å². The average Bonchev–Trinajstić information content (AvgIpc) is 1.90. The van der Waals surface area contributed by atoms with Crippen LogP contribution in [0.3, 0.4) is 0 Å². The molecular weight excluding hydrogens is 128 g/mol. The van der Waals surface area contributed by atoms with Gasteiger partial charge in [-0.3, -0.25) is 4.79 Å². The second kappa shape index (κ2) is 3.88. The largest absolute Gasteiger partial charge is 0.493 e. The molecule has 0 radical (unpaired) electrons. The lowest BCUT2D eigenvalue weighted by molar-refractivity contribution is -0.114. The minimum atomic E-state index is -0.134. The van der Waals surface area contributed by atoms with Crippen molar-refractivity contribution in [2.45, 2.75) is 13.8 Å². The Morgan fingerprint density at radius 1 is 1.60 bits per heavy atom. The third-order valence-electron chi connectivity index (χ3n) is 1.09. The quantitative estimate of drug-likeness (QED) is 0.440. The van der Waals surface area contributed by atoms with E-state index in [4.69, 9.17) is 4.74 Å². The van der Waals surface area contributed by atoms with Crippen LogP contribution in [0.4, 0.5) is 0 Å². The van der Waals surface area contributed by atoms with Crippen molar-refractivity contribution in [2.75, 3.05) is 7.11 Å². The number of carbonyl (C=O) groups is 1. The zero-order chi connectivity index (χ0) is 8.15. The molecule has 0 amide bonds. The summed E-state index contributed by atoms with van der Waals surface area (Å²) in [4.78, 5) is 11.0. The van der Waals surface area contributed by atoms with E-state index in [1.165, 1.54) is 7.11 Å². The van der Waals surface area contributed by atoms with Gasteiger partial charge in [0.1, 0.15) is 0 Å². The van der Waals surface area contributed by atoms with Crippen LogP contribution < -0.4 is 0 Å². The van der Waals surface area contributed by atoms with Crippen molar-refractivity contribution in [2.24, 2.45) is 0 Å². The molecule has 10 heavy (non-hydrogen) atoms. The van der Waals surface area contributed by atoms with Crippen molar-refractivity contribution >= 4 is 5.78 Å². The Morgan fingerprint density at radius 3 is 2.20 bits per heavy atom. The Hall–Kier alpha value is -1.05. The van der Waals surface area contributed by atoms with Crippen LogP contribution in [0.5, 0.6) is 0 Å². The summed E-state index contributed by atoms with van der Waals surface area (Å²) in [6.07, 6.45) is 1.62. The summed E-state index contributed by atoms with van der Waals surface area (Å²) in [7, 11) is 1.47. The summed E-state index contributed by atoms with van der Waals surface area (Å²) in [5.74, 6) is 0.220. The molecule has 0 bridgehead atoms. The fraction of sp³-hybridized carbons (Fsp3) is 0.375. The maximum Gasteiger partial charge on any atom is 0.222 e. The number of Topliss-reactive ketones (excluding diaryl/α,β-unsaturated/α-hetero) is 1. The summed E-state index contributed by atoms with van der Waals surface area (Å²) in [5, 5.41) is 0. The van der Waals surface area contributed by atoms with E-state index < -0.39 is 0 Å². The number of allylic oxidation sites excluding steroid dienone is 2. The van der Waals surface area contributed by atoms with Gasteiger partial charge in [-0.05, 0) is 25.5 Å². The predicted molar refractivity (Wildman–Crippen MR) is 40.6 cm³/mol. The maximum absolute atomic E-state index is 11.0. The van der Waals surface area contributed by atoms with Crippen molar-refractivity contribution in [3.63, 3.8) is 0 Å². The molecule has 0 fully saturated rings. The highest BCUT2D eigenvalue weighted by atomic mass is 16.5. The highest BCUT2D eigenvalue weighted by Crippen LogP contribution is 2.03. The van der Waals surface area contributed by atoms with E-state index in [-0.39, 0.29) is 5.78 Å². The van der Waals surface area contributed by atoms with Crippen LogP contribution in [-0.4, -0.2) is 12.9 Å². The molecule has 0 aromatic carbocycles. The van der Waals surface area contributed by atoms with Gasteiger partial charge < -0.3 is 4.74 Å². The molecule has 0 rings (SSSR count). The van der Waals surface area contributed by atoms with Crippen LogP contribution in [0.25, 0.3) is 0 Å². The molecular formula is C8H12O2. The van der Waals surface area contributed by atoms with Crippen LogP contribution in [0.2, 0.25) is 0 Å². The Bertz CT molecular complexity index is 178. The van der Waals surface area contributed by atoms with Crippen LogP contribution in [-0.2, 0) is 9.53 Å². The molecule has 0 aliphatic heterocycles. The molecule has 0 N–H and O–H groups in total. The lowest BCUT2D eigenvalue weighted by Gasteiger charge is -2.01. The van der Waals surface area contributed by atoms with Crippen LogP contribution >= 0.6 is 0 Å². The minimum Gasteiger partial charge on any atom is -0.493 e. The van der Waals surface area contributed by atoms with Crippen LogP contribution in [0.15, 0.2) is 24.0 Å². The van der Waals surface area contributed by atoms with Gasteiger partial charge in [0.2, 0.25) is 5.78 Å². The molecule has 56 valence electrons. The third-order valence-corrected chi connectivity index (χ3v) is 1.09. The Kier molecular flexibility index (Phi) is 3.47. The van der Waals surface area contributed by atoms with Gasteiger partial charge in [0, 0.05) is 0 Å². The molecule has 2 heteroatoms. The second-order valence-electron chi connectivity index (χ2n) is 1.97. The topological polar surface area (TPSA) is 26.3 Å². The fourth-order valence-corrected chi connectivity index (χ4v) is 0.552. The number of carbonyl (C=O) groups excluding carboxylic acids is 1. The van der Waals surface area contributed by atoms with Gasteiger partial charge in [0.15, 0.2) is 5.76 Å². The number of methoxy groups -OCH3 is 1. The van der Waals surface area contributed by atoms with E-state index >= 15 is 0 Å². The number of hydrogen-bond donors (Lipinski definition) is 0. The molecule has 0 spiro atoms. The van der Waals surface area contributed by atoms with Crippen molar-refractivity contribution in [1.29, 1.82) is 0 Å². The smallest absolute Gasteiger partial charge is 0.222 e. The van der Waals surface area contributed by atoms with Gasteiger partial charge in [0.25, 0.3) is 0 Å². The predicted octanol–water partition coefficient (Wildman–Crippen LogP) is 1.68. The third kappa shape index (κ3) is 2.05. The number of hydrogen-bond acceptors (Lipinski definition) is 2. The number of ketones is 1. The molecule has 0 heterocycles. The van der Waals surface area contributed by atoms with Gasteiger partial charge in [-0.2, -0.15) is 0 Å². The highest BCUT2D eigenvalue weighted by Gasteiger charge is 2.07. The summed E-state index contributed by atoms with van der Waals surface area (Å²) in [6, 6.07) is 0. The second-order valence-corrected chi connectivity index (χ2v) is 1.97. The molecule has 0 unspecified atom stereocenters. The van der Waals surface area contributed by atoms with Gasteiger partial charge in [-0.15, -0.1) is 0 Å². The normalized spacial score (nSPS) is 10.9. The van der Waals surface area contributed by atoms with Gasteiger partial charge in [-0.25, -0.2) is 0 Å². The Labute approximate surface area is 61.2 Å². The van der Waals surface area contributed by atoms with Crippen molar-refractivity contribution < 1.29 is 9.53 Å². The number of ether oxygens (including phenoxy) is 1. The summed E-state index contributed by atoms with van der Waals surface area (Å²) < 4.78 is 4.77. The minimum absolute atomic E-state index is 0.134. The lowest BCUT2D eigenvalue weighted by atomic mass is 10.2. The Balaban J connectivity index is 4.33. The fourth-order valence-electron chi connectivity index (χ4n) is 0.552. The van der Waals surface area contributed by atoms with Gasteiger partial charge in [0.05, 0.1) is 7.11 Å². The Morgan fingerprint density at radius 2 is 2.10 bits per heavy atom. The van der Waals surface area contributed by atoms with Gasteiger partial charge >= 0.3 is 0 Å². The zero-order valence-corrected chi connectivity index (χ0v) is 6.60. The standard InChI is InChI=1S/C8H12O2/c1-5-7(10-4)8(9)6(2)3/h5H,2H2,1,3-4H3.